The van der Waals surface area contributed by atoms with Gasteiger partial charge in [-0.2, -0.15) is 0 Å². The van der Waals surface area contributed by atoms with Crippen molar-refractivity contribution in [2.45, 2.75) is 0 Å². The van der Waals surface area contributed by atoms with Gasteiger partial charge in [0.15, 0.2) is 0 Å². The summed E-state index contributed by atoms with van der Waals surface area (Å²) in [4.78, 5) is 36.7. The zero-order valence-electron chi connectivity index (χ0n) is 14.9. The molecule has 3 rings (SSSR count). The van der Waals surface area contributed by atoms with Gasteiger partial charge in [-0.25, -0.2) is 0 Å². The summed E-state index contributed by atoms with van der Waals surface area (Å²) in [5.41, 5.74) is 5.96. The largest absolute Gasteiger partial charge is 0.322 e. The lowest BCUT2D eigenvalue weighted by Gasteiger charge is -2.10. The van der Waals surface area contributed by atoms with Gasteiger partial charge in [-0.3, -0.25) is 25.2 Å². The molecule has 0 aliphatic heterocycles. The fourth-order valence-electron chi connectivity index (χ4n) is 2.44. The van der Waals surface area contributed by atoms with Crippen molar-refractivity contribution in [3.8, 4) is 0 Å². The normalized spacial score (nSPS) is 10.1. The molecule has 0 unspecified atom stereocenters. The van der Waals surface area contributed by atoms with E-state index in [0.29, 0.717) is 16.3 Å². The smallest absolute Gasteiger partial charge is 0.271 e. The van der Waals surface area contributed by atoms with Crippen molar-refractivity contribution in [3.63, 3.8) is 0 Å². The molecule has 0 atom stereocenters. The number of carbonyl (C=O) groups is 3. The number of nitrogens with one attached hydrogen (secondary N) is 3. The van der Waals surface area contributed by atoms with Crippen LogP contribution in [-0.2, 0) is 0 Å². The van der Waals surface area contributed by atoms with Crippen LogP contribution in [0.4, 0.5) is 5.69 Å². The lowest BCUT2D eigenvalue weighted by Crippen LogP contribution is -2.41. The minimum absolute atomic E-state index is 0.235. The second-order valence-electron chi connectivity index (χ2n) is 5.93. The molecule has 0 heterocycles. The predicted octanol–water partition coefficient (Wildman–Crippen LogP) is 4.32. The number of hydrogen-bond acceptors (Lipinski definition) is 3. The van der Waals surface area contributed by atoms with Crippen LogP contribution >= 0.6 is 23.2 Å². The van der Waals surface area contributed by atoms with Crippen LogP contribution in [0.1, 0.15) is 31.1 Å². The Kier molecular flexibility index (Phi) is 6.49. The van der Waals surface area contributed by atoms with E-state index in [4.69, 9.17) is 23.2 Å². The van der Waals surface area contributed by atoms with E-state index in [2.05, 4.69) is 16.2 Å². The summed E-state index contributed by atoms with van der Waals surface area (Å²) < 4.78 is 0. The Balaban J connectivity index is 1.63. The zero-order valence-corrected chi connectivity index (χ0v) is 16.4. The van der Waals surface area contributed by atoms with Gasteiger partial charge in [-0.1, -0.05) is 41.4 Å². The van der Waals surface area contributed by atoms with Crippen LogP contribution in [0.5, 0.6) is 0 Å². The number of halogens is 2. The highest BCUT2D eigenvalue weighted by molar-refractivity contribution is 6.33. The van der Waals surface area contributed by atoms with Gasteiger partial charge in [-0.05, 0) is 54.6 Å². The van der Waals surface area contributed by atoms with Crippen molar-refractivity contribution in [2.75, 3.05) is 5.32 Å². The van der Waals surface area contributed by atoms with E-state index in [-0.39, 0.29) is 22.1 Å². The van der Waals surface area contributed by atoms with Gasteiger partial charge in [0.25, 0.3) is 17.7 Å². The third kappa shape index (κ3) is 5.34. The molecule has 3 amide bonds. The van der Waals surface area contributed by atoms with E-state index in [0.717, 1.165) is 0 Å². The molecule has 0 spiro atoms. The highest BCUT2D eigenvalue weighted by Crippen LogP contribution is 2.15. The number of hydrogen-bond donors (Lipinski definition) is 3. The molecule has 3 aromatic rings. The Morgan fingerprint density at radius 1 is 0.655 bits per heavy atom. The lowest BCUT2D eigenvalue weighted by atomic mass is 10.1. The van der Waals surface area contributed by atoms with Crippen LogP contribution in [0.15, 0.2) is 72.8 Å². The van der Waals surface area contributed by atoms with Crippen molar-refractivity contribution in [3.05, 3.63) is 99.5 Å². The first-order valence-electron chi connectivity index (χ1n) is 8.46. The molecular weight excluding hydrogens is 413 g/mol. The zero-order chi connectivity index (χ0) is 20.8. The fourth-order valence-corrected chi connectivity index (χ4v) is 2.79. The van der Waals surface area contributed by atoms with Gasteiger partial charge < -0.3 is 5.32 Å². The first kappa shape index (κ1) is 20.4. The van der Waals surface area contributed by atoms with Gasteiger partial charge in [0.2, 0.25) is 0 Å². The topological polar surface area (TPSA) is 87.3 Å². The Hall–Kier alpha value is -3.35. The summed E-state index contributed by atoms with van der Waals surface area (Å²) in [5, 5.41) is 3.50. The maximum Gasteiger partial charge on any atom is 0.271 e. The summed E-state index contributed by atoms with van der Waals surface area (Å²) in [6, 6.07) is 19.2. The van der Waals surface area contributed by atoms with Crippen molar-refractivity contribution in [1.29, 1.82) is 0 Å². The summed E-state index contributed by atoms with van der Waals surface area (Å²) in [6.45, 7) is 0. The molecule has 6 nitrogen and oxygen atoms in total. The quantitative estimate of drug-likeness (QED) is 0.541. The average Bonchev–Trinajstić information content (AvgIpc) is 2.72. The first-order chi connectivity index (χ1) is 13.9. The van der Waals surface area contributed by atoms with E-state index in [1.54, 1.807) is 60.7 Å². The SMILES string of the molecule is O=C(NNC(=O)c1ccccc1Cl)c1cccc(NC(=O)c2ccc(Cl)cc2)c1. The molecule has 8 heteroatoms. The Morgan fingerprint density at radius 2 is 1.34 bits per heavy atom. The second-order valence-corrected chi connectivity index (χ2v) is 6.77. The van der Waals surface area contributed by atoms with Crippen LogP contribution in [0.3, 0.4) is 0 Å². The highest BCUT2D eigenvalue weighted by Gasteiger charge is 2.13. The molecule has 0 saturated carbocycles. The number of benzene rings is 3. The number of amides is 3. The fraction of sp³-hybridized carbons (Fsp3) is 0. The Labute approximate surface area is 176 Å². The molecule has 146 valence electrons. The monoisotopic (exact) mass is 427 g/mol. The van der Waals surface area contributed by atoms with E-state index in [1.165, 1.54) is 12.1 Å². The third-order valence-corrected chi connectivity index (χ3v) is 4.48. The standard InChI is InChI=1S/C21H15Cl2N3O3/c22-15-10-8-13(9-11-15)19(27)24-16-5-3-4-14(12-16)20(28)25-26-21(29)17-6-1-2-7-18(17)23/h1-12H,(H,24,27)(H,25,28)(H,26,29). The van der Waals surface area contributed by atoms with Crippen LogP contribution in [0.2, 0.25) is 10.0 Å². The second kappa shape index (κ2) is 9.23. The molecule has 0 radical (unpaired) electrons. The molecule has 0 aromatic heterocycles. The van der Waals surface area contributed by atoms with Gasteiger partial charge >= 0.3 is 0 Å². The van der Waals surface area contributed by atoms with Crippen LogP contribution in [0, 0.1) is 0 Å². The Bertz CT molecular complexity index is 1070. The van der Waals surface area contributed by atoms with Crippen molar-refractivity contribution in [1.82, 2.24) is 10.9 Å². The molecule has 0 fully saturated rings. The minimum Gasteiger partial charge on any atom is -0.322 e. The summed E-state index contributed by atoms with van der Waals surface area (Å²) in [7, 11) is 0. The molecule has 3 N–H and O–H groups in total. The van der Waals surface area contributed by atoms with Crippen molar-refractivity contribution in [2.24, 2.45) is 0 Å². The highest BCUT2D eigenvalue weighted by atomic mass is 35.5. The van der Waals surface area contributed by atoms with Gasteiger partial charge in [0.1, 0.15) is 0 Å². The number of hydrazine groups is 1. The van der Waals surface area contributed by atoms with E-state index in [9.17, 15) is 14.4 Å². The van der Waals surface area contributed by atoms with Crippen molar-refractivity contribution >= 4 is 46.6 Å². The minimum atomic E-state index is -0.548. The molecular formula is C21H15Cl2N3O3. The molecule has 0 aliphatic carbocycles. The van der Waals surface area contributed by atoms with Crippen LogP contribution in [-0.4, -0.2) is 17.7 Å². The van der Waals surface area contributed by atoms with Crippen LogP contribution in [0.25, 0.3) is 0 Å². The maximum absolute atomic E-state index is 12.3. The Morgan fingerprint density at radius 3 is 2.07 bits per heavy atom. The van der Waals surface area contributed by atoms with E-state index >= 15 is 0 Å². The summed E-state index contributed by atoms with van der Waals surface area (Å²) in [6.07, 6.45) is 0. The molecule has 3 aromatic carbocycles. The summed E-state index contributed by atoms with van der Waals surface area (Å²) in [5.74, 6) is -1.43. The van der Waals surface area contributed by atoms with Crippen molar-refractivity contribution < 1.29 is 14.4 Å². The van der Waals surface area contributed by atoms with E-state index < -0.39 is 11.8 Å². The maximum atomic E-state index is 12.3. The first-order valence-corrected chi connectivity index (χ1v) is 9.22. The van der Waals surface area contributed by atoms with Gasteiger partial charge in [0.05, 0.1) is 10.6 Å². The molecule has 0 saturated heterocycles. The summed E-state index contributed by atoms with van der Waals surface area (Å²) >= 11 is 11.8. The number of rotatable bonds is 4. The number of carbonyl (C=O) groups excluding carboxylic acids is 3. The molecule has 29 heavy (non-hydrogen) atoms. The lowest BCUT2D eigenvalue weighted by molar-refractivity contribution is 0.0847. The number of anilines is 1. The van der Waals surface area contributed by atoms with E-state index in [1.807, 2.05) is 0 Å². The van der Waals surface area contributed by atoms with Gasteiger partial charge in [-0.15, -0.1) is 0 Å². The molecule has 0 bridgehead atoms. The third-order valence-electron chi connectivity index (χ3n) is 3.90. The average molecular weight is 428 g/mol. The molecule has 0 aliphatic rings. The predicted molar refractivity (Wildman–Crippen MR) is 112 cm³/mol. The van der Waals surface area contributed by atoms with Crippen LogP contribution < -0.4 is 16.2 Å². The van der Waals surface area contributed by atoms with Gasteiger partial charge in [0, 0.05) is 21.8 Å².